The SMILES string of the molecule is CC#CC1C[C@@H](CI)O[C@H]1C. The van der Waals surface area contributed by atoms with Crippen molar-refractivity contribution in [1.29, 1.82) is 0 Å². The first-order valence-electron chi connectivity index (χ1n) is 3.91. The highest BCUT2D eigenvalue weighted by Crippen LogP contribution is 2.26. The second-order valence-electron chi connectivity index (χ2n) is 2.85. The van der Waals surface area contributed by atoms with Crippen LogP contribution in [0.2, 0.25) is 0 Å². The highest BCUT2D eigenvalue weighted by molar-refractivity contribution is 14.1. The van der Waals surface area contributed by atoms with Crippen LogP contribution < -0.4 is 0 Å². The van der Waals surface area contributed by atoms with Crippen LogP contribution in [0.1, 0.15) is 20.3 Å². The smallest absolute Gasteiger partial charge is 0.0689 e. The summed E-state index contributed by atoms with van der Waals surface area (Å²) >= 11 is 2.36. The lowest BCUT2D eigenvalue weighted by atomic mass is 10.0. The third-order valence-electron chi connectivity index (χ3n) is 1.99. The van der Waals surface area contributed by atoms with Crippen LogP contribution >= 0.6 is 22.6 Å². The van der Waals surface area contributed by atoms with Gasteiger partial charge in [-0.15, -0.1) is 5.92 Å². The molecule has 2 heteroatoms. The van der Waals surface area contributed by atoms with Gasteiger partial charge >= 0.3 is 0 Å². The number of hydrogen-bond donors (Lipinski definition) is 0. The van der Waals surface area contributed by atoms with E-state index in [4.69, 9.17) is 4.74 Å². The van der Waals surface area contributed by atoms with Gasteiger partial charge in [0.05, 0.1) is 12.2 Å². The zero-order chi connectivity index (χ0) is 8.27. The minimum Gasteiger partial charge on any atom is -0.373 e. The predicted molar refractivity (Wildman–Crippen MR) is 54.8 cm³/mol. The first-order chi connectivity index (χ1) is 5.27. The van der Waals surface area contributed by atoms with Crippen molar-refractivity contribution < 1.29 is 4.74 Å². The molecule has 1 aliphatic heterocycles. The minimum atomic E-state index is 0.335. The Morgan fingerprint density at radius 1 is 1.64 bits per heavy atom. The van der Waals surface area contributed by atoms with Gasteiger partial charge in [-0.1, -0.05) is 28.5 Å². The molecule has 0 aromatic rings. The Balaban J connectivity index is 2.49. The maximum absolute atomic E-state index is 5.67. The highest BCUT2D eigenvalue weighted by atomic mass is 127. The summed E-state index contributed by atoms with van der Waals surface area (Å²) in [7, 11) is 0. The fourth-order valence-electron chi connectivity index (χ4n) is 1.39. The Bertz CT molecular complexity index is 180. The van der Waals surface area contributed by atoms with Crippen molar-refractivity contribution in [2.45, 2.75) is 32.5 Å². The van der Waals surface area contributed by atoms with E-state index in [-0.39, 0.29) is 0 Å². The summed E-state index contributed by atoms with van der Waals surface area (Å²) in [6, 6.07) is 0. The van der Waals surface area contributed by atoms with Crippen LogP contribution in [0.3, 0.4) is 0 Å². The molecule has 1 saturated heterocycles. The van der Waals surface area contributed by atoms with Gasteiger partial charge in [0.25, 0.3) is 0 Å². The number of rotatable bonds is 1. The summed E-state index contributed by atoms with van der Waals surface area (Å²) in [6.45, 7) is 4.01. The van der Waals surface area contributed by atoms with Gasteiger partial charge in [-0.3, -0.25) is 0 Å². The first kappa shape index (κ1) is 9.34. The fraction of sp³-hybridized carbons (Fsp3) is 0.778. The van der Waals surface area contributed by atoms with Gasteiger partial charge in [-0.25, -0.2) is 0 Å². The van der Waals surface area contributed by atoms with Gasteiger partial charge < -0.3 is 4.74 Å². The van der Waals surface area contributed by atoms with E-state index >= 15 is 0 Å². The van der Waals surface area contributed by atoms with Crippen LogP contribution in [-0.4, -0.2) is 16.6 Å². The molecular formula is C9H13IO. The zero-order valence-corrected chi connectivity index (χ0v) is 9.09. The molecule has 1 nitrogen and oxygen atoms in total. The van der Waals surface area contributed by atoms with Gasteiger partial charge in [0.2, 0.25) is 0 Å². The van der Waals surface area contributed by atoms with Gasteiger partial charge in [0, 0.05) is 10.3 Å². The predicted octanol–water partition coefficient (Wildman–Crippen LogP) is 2.24. The molecule has 0 saturated carbocycles. The van der Waals surface area contributed by atoms with E-state index in [1.807, 2.05) is 6.92 Å². The molecule has 3 atom stereocenters. The monoisotopic (exact) mass is 264 g/mol. The van der Waals surface area contributed by atoms with Crippen molar-refractivity contribution in [1.82, 2.24) is 0 Å². The van der Waals surface area contributed by atoms with E-state index in [9.17, 15) is 0 Å². The third kappa shape index (κ3) is 2.34. The van der Waals surface area contributed by atoms with Crippen LogP contribution in [0.5, 0.6) is 0 Å². The van der Waals surface area contributed by atoms with E-state index < -0.39 is 0 Å². The second kappa shape index (κ2) is 4.32. The largest absolute Gasteiger partial charge is 0.373 e. The van der Waals surface area contributed by atoms with Crippen LogP contribution in [0.4, 0.5) is 0 Å². The number of hydrogen-bond acceptors (Lipinski definition) is 1. The van der Waals surface area contributed by atoms with Crippen molar-refractivity contribution >= 4 is 22.6 Å². The minimum absolute atomic E-state index is 0.335. The zero-order valence-electron chi connectivity index (χ0n) is 6.93. The summed E-state index contributed by atoms with van der Waals surface area (Å²) in [6.07, 6.45) is 1.89. The molecule has 0 aromatic carbocycles. The summed E-state index contributed by atoms with van der Waals surface area (Å²) in [4.78, 5) is 0. The van der Waals surface area contributed by atoms with Crippen LogP contribution in [0.15, 0.2) is 0 Å². The molecule has 62 valence electrons. The number of halogens is 1. The Kier molecular flexibility index (Phi) is 3.67. The van der Waals surface area contributed by atoms with Gasteiger partial charge in [-0.2, -0.15) is 0 Å². The van der Waals surface area contributed by atoms with Crippen molar-refractivity contribution in [3.05, 3.63) is 0 Å². The summed E-state index contributed by atoms with van der Waals surface area (Å²) < 4.78 is 6.75. The van der Waals surface area contributed by atoms with Crippen molar-refractivity contribution in [3.8, 4) is 11.8 Å². The Labute approximate surface area is 82.0 Å². The van der Waals surface area contributed by atoms with Gasteiger partial charge in [0.1, 0.15) is 0 Å². The summed E-state index contributed by atoms with van der Waals surface area (Å²) in [5.74, 6) is 6.60. The Hall–Kier alpha value is 0.250. The molecule has 0 bridgehead atoms. The van der Waals surface area contributed by atoms with Crippen molar-refractivity contribution in [2.75, 3.05) is 4.43 Å². The van der Waals surface area contributed by atoms with Gasteiger partial charge in [0.15, 0.2) is 0 Å². The van der Waals surface area contributed by atoms with Crippen LogP contribution in [0, 0.1) is 17.8 Å². The van der Waals surface area contributed by atoms with Crippen molar-refractivity contribution in [3.63, 3.8) is 0 Å². The lowest BCUT2D eigenvalue weighted by Crippen LogP contribution is -2.10. The van der Waals surface area contributed by atoms with E-state index in [1.54, 1.807) is 0 Å². The quantitative estimate of drug-likeness (QED) is 0.401. The van der Waals surface area contributed by atoms with E-state index in [0.717, 1.165) is 10.8 Å². The Morgan fingerprint density at radius 3 is 2.82 bits per heavy atom. The molecule has 11 heavy (non-hydrogen) atoms. The van der Waals surface area contributed by atoms with Crippen LogP contribution in [-0.2, 0) is 4.74 Å². The fourth-order valence-corrected chi connectivity index (χ4v) is 1.96. The number of alkyl halides is 1. The molecular weight excluding hydrogens is 251 g/mol. The topological polar surface area (TPSA) is 9.23 Å². The van der Waals surface area contributed by atoms with E-state index in [2.05, 4.69) is 41.4 Å². The normalized spacial score (nSPS) is 36.5. The lowest BCUT2D eigenvalue weighted by molar-refractivity contribution is 0.0656. The molecule has 0 N–H and O–H groups in total. The molecule has 1 heterocycles. The van der Waals surface area contributed by atoms with E-state index in [1.165, 1.54) is 0 Å². The molecule has 0 radical (unpaired) electrons. The van der Waals surface area contributed by atoms with Gasteiger partial charge in [-0.05, 0) is 20.3 Å². The molecule has 1 aliphatic rings. The molecule has 0 amide bonds. The molecule has 1 unspecified atom stereocenters. The molecule has 0 aromatic heterocycles. The molecule has 1 fully saturated rings. The Morgan fingerprint density at radius 2 is 2.36 bits per heavy atom. The molecule has 0 spiro atoms. The van der Waals surface area contributed by atoms with E-state index in [0.29, 0.717) is 18.1 Å². The average molecular weight is 264 g/mol. The average Bonchev–Trinajstić information content (AvgIpc) is 2.33. The number of ether oxygens (including phenoxy) is 1. The maximum Gasteiger partial charge on any atom is 0.0689 e. The first-order valence-corrected chi connectivity index (χ1v) is 5.44. The lowest BCUT2D eigenvalue weighted by Gasteiger charge is -2.06. The summed E-state index contributed by atoms with van der Waals surface area (Å²) in [5.41, 5.74) is 0. The standard InChI is InChI=1S/C9H13IO/c1-3-4-8-5-9(6-10)11-7(8)2/h7-9H,5-6H2,1-2H3/t7-,8?,9-/m0/s1. The molecule has 1 rings (SSSR count). The maximum atomic E-state index is 5.67. The summed E-state index contributed by atoms with van der Waals surface area (Å²) in [5, 5.41) is 0. The van der Waals surface area contributed by atoms with Crippen LogP contribution in [0.25, 0.3) is 0 Å². The second-order valence-corrected chi connectivity index (χ2v) is 3.73. The highest BCUT2D eigenvalue weighted by Gasteiger charge is 2.29. The van der Waals surface area contributed by atoms with Crippen molar-refractivity contribution in [2.24, 2.45) is 5.92 Å². The molecule has 0 aliphatic carbocycles. The third-order valence-corrected chi connectivity index (χ3v) is 2.97.